The van der Waals surface area contributed by atoms with Crippen LogP contribution in [0.15, 0.2) is 47.6 Å². The Labute approximate surface area is 165 Å². The molecule has 0 aliphatic carbocycles. The van der Waals surface area contributed by atoms with Crippen molar-refractivity contribution < 1.29 is 4.74 Å². The third-order valence-corrected chi connectivity index (χ3v) is 4.15. The summed E-state index contributed by atoms with van der Waals surface area (Å²) in [7, 11) is 0. The lowest BCUT2D eigenvalue weighted by atomic mass is 10.2. The summed E-state index contributed by atoms with van der Waals surface area (Å²) in [5.41, 5.74) is 1.56. The van der Waals surface area contributed by atoms with Gasteiger partial charge in [-0.05, 0) is 29.9 Å². The molecule has 0 spiro atoms. The van der Waals surface area contributed by atoms with Gasteiger partial charge in [0.05, 0.1) is 16.3 Å². The monoisotopic (exact) mass is 402 g/mol. The molecule has 1 N–H and O–H groups in total. The highest BCUT2D eigenvalue weighted by Gasteiger charge is 2.10. The number of benzene rings is 2. The van der Waals surface area contributed by atoms with E-state index in [4.69, 9.17) is 46.6 Å². The summed E-state index contributed by atoms with van der Waals surface area (Å²) in [6.45, 7) is 0.0808. The quantitative estimate of drug-likeness (QED) is 0.378. The minimum absolute atomic E-state index is 0.0808. The van der Waals surface area contributed by atoms with Crippen molar-refractivity contribution >= 4 is 41.6 Å². The van der Waals surface area contributed by atoms with E-state index in [-0.39, 0.29) is 6.61 Å². The molecule has 0 radical (unpaired) electrons. The second-order valence-corrected chi connectivity index (χ2v) is 6.28. The Hall–Kier alpha value is -2.59. The van der Waals surface area contributed by atoms with E-state index in [0.29, 0.717) is 32.0 Å². The van der Waals surface area contributed by atoms with E-state index in [1.165, 1.54) is 4.68 Å². The van der Waals surface area contributed by atoms with E-state index in [2.05, 4.69) is 21.2 Å². The summed E-state index contributed by atoms with van der Waals surface area (Å²) in [6.07, 6.45) is 6.76. The Morgan fingerprint density at radius 2 is 1.96 bits per heavy atom. The first kappa shape index (κ1) is 18.2. The molecule has 3 aromatic rings. The van der Waals surface area contributed by atoms with Crippen molar-refractivity contribution in [1.29, 1.82) is 0 Å². The molecule has 0 amide bonds. The summed E-state index contributed by atoms with van der Waals surface area (Å²) in [5, 5.41) is 12.0. The predicted molar refractivity (Wildman–Crippen MR) is 107 cm³/mol. The Balaban J connectivity index is 1.93. The Kier molecular flexibility index (Phi) is 5.74. The highest BCUT2D eigenvalue weighted by molar-refractivity contribution is 7.71. The number of nitrogens with one attached hydrogen (secondary N) is 1. The molecule has 3 rings (SSSR count). The molecule has 0 saturated heterocycles. The van der Waals surface area contributed by atoms with E-state index in [1.807, 2.05) is 30.3 Å². The maximum Gasteiger partial charge on any atom is 0.216 e. The number of aromatic amines is 1. The standard InChI is InChI=1S/C18H12Cl2N4OS/c1-2-8-25-16-14(19)9-12(10-15(16)20)11-21-24-17(22-23-18(24)26)13-6-4-3-5-7-13/h1,3-7,9-11H,8H2,(H,23,26). The van der Waals surface area contributed by atoms with Crippen LogP contribution in [0.3, 0.4) is 0 Å². The Morgan fingerprint density at radius 1 is 1.27 bits per heavy atom. The van der Waals surface area contributed by atoms with Crippen LogP contribution in [0.2, 0.25) is 10.0 Å². The number of nitrogens with zero attached hydrogens (tertiary/aromatic N) is 3. The largest absolute Gasteiger partial charge is 0.478 e. The molecule has 0 bridgehead atoms. The van der Waals surface area contributed by atoms with E-state index in [9.17, 15) is 0 Å². The van der Waals surface area contributed by atoms with Gasteiger partial charge in [-0.2, -0.15) is 14.9 Å². The zero-order chi connectivity index (χ0) is 18.5. The van der Waals surface area contributed by atoms with Crippen LogP contribution in [0.5, 0.6) is 5.75 Å². The topological polar surface area (TPSA) is 55.2 Å². The molecule has 0 atom stereocenters. The molecule has 2 aromatic carbocycles. The summed E-state index contributed by atoms with van der Waals surface area (Å²) in [6, 6.07) is 12.9. The average Bonchev–Trinajstić information content (AvgIpc) is 3.01. The van der Waals surface area contributed by atoms with Crippen LogP contribution in [0.1, 0.15) is 5.56 Å². The Morgan fingerprint density at radius 3 is 2.62 bits per heavy atom. The van der Waals surface area contributed by atoms with Gasteiger partial charge in [0.15, 0.2) is 11.6 Å². The van der Waals surface area contributed by atoms with Crippen LogP contribution in [0, 0.1) is 17.1 Å². The van der Waals surface area contributed by atoms with Crippen LogP contribution >= 0.6 is 35.4 Å². The summed E-state index contributed by atoms with van der Waals surface area (Å²) >= 11 is 17.7. The molecule has 0 unspecified atom stereocenters. The predicted octanol–water partition coefficient (Wildman–Crippen LogP) is 4.81. The van der Waals surface area contributed by atoms with Crippen molar-refractivity contribution in [1.82, 2.24) is 14.9 Å². The molecule has 1 heterocycles. The third-order valence-electron chi connectivity index (χ3n) is 3.33. The van der Waals surface area contributed by atoms with E-state index in [1.54, 1.807) is 18.3 Å². The van der Waals surface area contributed by atoms with Gasteiger partial charge in [0.25, 0.3) is 0 Å². The number of hydrogen-bond acceptors (Lipinski definition) is 4. The van der Waals surface area contributed by atoms with Crippen molar-refractivity contribution in [3.63, 3.8) is 0 Å². The number of rotatable bonds is 5. The zero-order valence-electron chi connectivity index (χ0n) is 13.3. The maximum atomic E-state index is 6.20. The van der Waals surface area contributed by atoms with Crippen LogP contribution in [-0.4, -0.2) is 27.7 Å². The van der Waals surface area contributed by atoms with Crippen molar-refractivity contribution in [2.75, 3.05) is 6.61 Å². The SMILES string of the molecule is C#CCOc1c(Cl)cc(C=Nn2c(-c3ccccc3)n[nH]c2=S)cc1Cl. The van der Waals surface area contributed by atoms with Crippen LogP contribution in [0.25, 0.3) is 11.4 Å². The van der Waals surface area contributed by atoms with Crippen molar-refractivity contribution in [3.05, 3.63) is 62.8 Å². The molecule has 0 aliphatic heterocycles. The molecule has 130 valence electrons. The van der Waals surface area contributed by atoms with E-state index in [0.717, 1.165) is 5.56 Å². The minimum Gasteiger partial charge on any atom is -0.478 e. The van der Waals surface area contributed by atoms with Crippen LogP contribution < -0.4 is 4.74 Å². The molecular formula is C18H12Cl2N4OS. The lowest BCUT2D eigenvalue weighted by Gasteiger charge is -2.08. The fourth-order valence-electron chi connectivity index (χ4n) is 2.20. The van der Waals surface area contributed by atoms with Gasteiger partial charge in [0.2, 0.25) is 4.77 Å². The van der Waals surface area contributed by atoms with Gasteiger partial charge >= 0.3 is 0 Å². The lowest BCUT2D eigenvalue weighted by molar-refractivity contribution is 0.371. The molecule has 1 aromatic heterocycles. The number of ether oxygens (including phenoxy) is 1. The number of halogens is 2. The minimum atomic E-state index is 0.0808. The highest BCUT2D eigenvalue weighted by Crippen LogP contribution is 2.33. The molecule has 0 aliphatic rings. The van der Waals surface area contributed by atoms with Gasteiger partial charge < -0.3 is 4.74 Å². The number of terminal acetylenes is 1. The molecule has 0 fully saturated rings. The van der Waals surface area contributed by atoms with Gasteiger partial charge in [0.1, 0.15) is 6.61 Å². The first-order valence-electron chi connectivity index (χ1n) is 7.42. The molecular weight excluding hydrogens is 391 g/mol. The van der Waals surface area contributed by atoms with Gasteiger partial charge in [-0.15, -0.1) is 6.42 Å². The molecule has 8 heteroatoms. The smallest absolute Gasteiger partial charge is 0.216 e. The maximum absolute atomic E-state index is 6.20. The fourth-order valence-corrected chi connectivity index (χ4v) is 3.00. The normalized spacial score (nSPS) is 10.8. The van der Waals surface area contributed by atoms with Gasteiger partial charge in [-0.3, -0.25) is 0 Å². The van der Waals surface area contributed by atoms with Crippen molar-refractivity contribution in [2.45, 2.75) is 0 Å². The van der Waals surface area contributed by atoms with Gasteiger partial charge in [-0.25, -0.2) is 5.10 Å². The fraction of sp³-hybridized carbons (Fsp3) is 0.0556. The van der Waals surface area contributed by atoms with Crippen LogP contribution in [0.4, 0.5) is 0 Å². The zero-order valence-corrected chi connectivity index (χ0v) is 15.6. The summed E-state index contributed by atoms with van der Waals surface area (Å²) in [4.78, 5) is 0. The second-order valence-electron chi connectivity index (χ2n) is 5.08. The highest BCUT2D eigenvalue weighted by atomic mass is 35.5. The van der Waals surface area contributed by atoms with Crippen molar-refractivity contribution in [3.8, 4) is 29.5 Å². The van der Waals surface area contributed by atoms with Gasteiger partial charge in [0, 0.05) is 5.56 Å². The number of H-pyrrole nitrogens is 1. The van der Waals surface area contributed by atoms with Crippen LogP contribution in [-0.2, 0) is 0 Å². The first-order valence-corrected chi connectivity index (χ1v) is 8.59. The third kappa shape index (κ3) is 3.97. The number of hydrogen-bond donors (Lipinski definition) is 1. The first-order chi connectivity index (χ1) is 12.6. The van der Waals surface area contributed by atoms with E-state index >= 15 is 0 Å². The molecule has 5 nitrogen and oxygen atoms in total. The molecule has 26 heavy (non-hydrogen) atoms. The van der Waals surface area contributed by atoms with E-state index < -0.39 is 0 Å². The lowest BCUT2D eigenvalue weighted by Crippen LogP contribution is -1.97. The molecule has 0 saturated carbocycles. The van der Waals surface area contributed by atoms with Crippen molar-refractivity contribution in [2.24, 2.45) is 5.10 Å². The average molecular weight is 403 g/mol. The Bertz CT molecular complexity index is 1030. The van der Waals surface area contributed by atoms with Gasteiger partial charge in [-0.1, -0.05) is 59.5 Å². The number of aromatic nitrogens is 3. The second kappa shape index (κ2) is 8.19. The summed E-state index contributed by atoms with van der Waals surface area (Å²) < 4.78 is 7.23. The summed E-state index contributed by atoms with van der Waals surface area (Å²) in [5.74, 6) is 3.30.